The summed E-state index contributed by atoms with van der Waals surface area (Å²) >= 11 is 0. The third-order valence-electron chi connectivity index (χ3n) is 5.74. The summed E-state index contributed by atoms with van der Waals surface area (Å²) in [6.07, 6.45) is 0.591. The van der Waals surface area contributed by atoms with Gasteiger partial charge in [0.05, 0.1) is 0 Å². The van der Waals surface area contributed by atoms with Crippen molar-refractivity contribution in [1.82, 2.24) is 0 Å². The molecule has 2 heterocycles. The summed E-state index contributed by atoms with van der Waals surface area (Å²) in [6.45, 7) is 15.1. The van der Waals surface area contributed by atoms with Gasteiger partial charge < -0.3 is 14.2 Å². The van der Waals surface area contributed by atoms with E-state index >= 15 is 0 Å². The van der Waals surface area contributed by atoms with E-state index < -0.39 is 19.5 Å². The van der Waals surface area contributed by atoms with E-state index in [0.29, 0.717) is 0 Å². The second kappa shape index (κ2) is 6.28. The Bertz CT molecular complexity index is 452. The molecule has 0 N–H and O–H groups in total. The van der Waals surface area contributed by atoms with E-state index in [1.54, 1.807) is 0 Å². The van der Waals surface area contributed by atoms with Gasteiger partial charge >= 0.3 is 0 Å². The molecule has 0 radical (unpaired) electrons. The highest BCUT2D eigenvalue weighted by Crippen LogP contribution is 2.47. The summed E-state index contributed by atoms with van der Waals surface area (Å²) in [7, 11) is -1.47. The summed E-state index contributed by atoms with van der Waals surface area (Å²) in [6, 6.07) is 3.65. The average Bonchev–Trinajstić information content (AvgIpc) is 2.93. The first kappa shape index (κ1) is 18.0. The van der Waals surface area contributed by atoms with Crippen molar-refractivity contribution < 1.29 is 14.2 Å². The lowest BCUT2D eigenvalue weighted by molar-refractivity contribution is -0.221. The summed E-state index contributed by atoms with van der Waals surface area (Å²) in [5.41, 5.74) is 3.30. The van der Waals surface area contributed by atoms with Crippen LogP contribution in [0.3, 0.4) is 0 Å². The molecule has 2 rings (SSSR count). The van der Waals surface area contributed by atoms with Gasteiger partial charge in [-0.05, 0) is 38.4 Å². The molecule has 0 spiro atoms. The standard InChI is InChI=1S/C18H32O3Si/c1-8-18(12-13-22(9-2,10-3)11-4)14(5)15-16(21-18)20-17(6,7)19-15/h14-16H,8-11H2,1-7H3/t14-,15+,16-,18-/m0/s1. The van der Waals surface area contributed by atoms with Crippen LogP contribution in [0, 0.1) is 17.4 Å². The highest BCUT2D eigenvalue weighted by atomic mass is 28.3. The number of ether oxygens (including phenoxy) is 3. The SMILES string of the molecule is CC[C@@]1(C#C[Si](CC)(CC)CC)O[C@@H]2OC(C)(C)O[C@@H]2[C@@H]1C. The van der Waals surface area contributed by atoms with Gasteiger partial charge in [-0.2, -0.15) is 0 Å². The van der Waals surface area contributed by atoms with Crippen molar-refractivity contribution in [2.75, 3.05) is 0 Å². The zero-order chi connectivity index (χ0) is 16.6. The largest absolute Gasteiger partial charge is 0.341 e. The lowest BCUT2D eigenvalue weighted by Gasteiger charge is -2.31. The fourth-order valence-electron chi connectivity index (χ4n) is 3.66. The maximum Gasteiger partial charge on any atom is 0.189 e. The molecule has 0 unspecified atom stereocenters. The fourth-order valence-corrected chi connectivity index (χ4v) is 6.16. The normalized spacial score (nSPS) is 36.8. The molecule has 126 valence electrons. The van der Waals surface area contributed by atoms with Crippen LogP contribution < -0.4 is 0 Å². The Morgan fingerprint density at radius 1 is 0.955 bits per heavy atom. The van der Waals surface area contributed by atoms with Gasteiger partial charge in [-0.1, -0.05) is 40.5 Å². The molecule has 4 heteroatoms. The van der Waals surface area contributed by atoms with E-state index in [1.165, 1.54) is 18.1 Å². The van der Waals surface area contributed by atoms with Gasteiger partial charge in [-0.3, -0.25) is 0 Å². The van der Waals surface area contributed by atoms with Crippen LogP contribution in [0.2, 0.25) is 18.1 Å². The van der Waals surface area contributed by atoms with Crippen LogP contribution in [0.25, 0.3) is 0 Å². The van der Waals surface area contributed by atoms with Gasteiger partial charge in [0.2, 0.25) is 0 Å². The van der Waals surface area contributed by atoms with Gasteiger partial charge in [0.25, 0.3) is 0 Å². The molecule has 3 nitrogen and oxygen atoms in total. The molecule has 0 aromatic heterocycles. The minimum Gasteiger partial charge on any atom is -0.341 e. The maximum absolute atomic E-state index is 6.30. The minimum atomic E-state index is -1.47. The predicted octanol–water partition coefficient (Wildman–Crippen LogP) is 4.33. The molecule has 0 aromatic carbocycles. The molecular weight excluding hydrogens is 292 g/mol. The fraction of sp³-hybridized carbons (Fsp3) is 0.889. The van der Waals surface area contributed by atoms with Crippen molar-refractivity contribution >= 4 is 8.07 Å². The van der Waals surface area contributed by atoms with Gasteiger partial charge in [-0.25, -0.2) is 0 Å². The molecule has 0 bridgehead atoms. The molecular formula is C18H32O3Si. The second-order valence-electron chi connectivity index (χ2n) is 7.21. The van der Waals surface area contributed by atoms with Crippen LogP contribution >= 0.6 is 0 Å². The molecule has 0 aliphatic carbocycles. The molecule has 2 fully saturated rings. The number of rotatable bonds is 4. The number of hydrogen-bond donors (Lipinski definition) is 0. The highest BCUT2D eigenvalue weighted by Gasteiger charge is 2.58. The third kappa shape index (κ3) is 3.01. The Kier molecular flexibility index (Phi) is 5.14. The van der Waals surface area contributed by atoms with Crippen molar-refractivity contribution in [3.8, 4) is 11.5 Å². The van der Waals surface area contributed by atoms with Crippen LogP contribution in [0.15, 0.2) is 0 Å². The van der Waals surface area contributed by atoms with E-state index in [4.69, 9.17) is 14.2 Å². The van der Waals surface area contributed by atoms with Crippen LogP contribution in [-0.4, -0.2) is 31.9 Å². The average molecular weight is 325 g/mol. The Hall–Kier alpha value is -0.343. The minimum absolute atomic E-state index is 0.00908. The smallest absolute Gasteiger partial charge is 0.189 e. The van der Waals surface area contributed by atoms with Crippen LogP contribution in [0.5, 0.6) is 0 Å². The summed E-state index contributed by atoms with van der Waals surface area (Å²) in [5.74, 6) is 3.25. The summed E-state index contributed by atoms with van der Waals surface area (Å²) in [5, 5.41) is 0. The summed E-state index contributed by atoms with van der Waals surface area (Å²) in [4.78, 5) is 0. The molecule has 0 amide bonds. The van der Waals surface area contributed by atoms with Crippen molar-refractivity contribution in [1.29, 1.82) is 0 Å². The molecule has 4 atom stereocenters. The van der Waals surface area contributed by atoms with E-state index in [1.807, 2.05) is 13.8 Å². The summed E-state index contributed by atoms with van der Waals surface area (Å²) < 4.78 is 18.3. The Morgan fingerprint density at radius 3 is 2.00 bits per heavy atom. The highest BCUT2D eigenvalue weighted by molar-refractivity contribution is 6.87. The second-order valence-corrected chi connectivity index (χ2v) is 12.1. The van der Waals surface area contributed by atoms with Crippen molar-refractivity contribution in [2.45, 2.75) is 96.8 Å². The topological polar surface area (TPSA) is 27.7 Å². The first-order chi connectivity index (χ1) is 10.3. The lowest BCUT2D eigenvalue weighted by Crippen LogP contribution is -2.39. The molecule has 0 aromatic rings. The molecule has 22 heavy (non-hydrogen) atoms. The van der Waals surface area contributed by atoms with Crippen molar-refractivity contribution in [2.24, 2.45) is 5.92 Å². The van der Waals surface area contributed by atoms with Crippen LogP contribution in [0.1, 0.15) is 54.9 Å². The van der Waals surface area contributed by atoms with E-state index in [0.717, 1.165) is 6.42 Å². The van der Waals surface area contributed by atoms with E-state index in [2.05, 4.69) is 46.1 Å². The zero-order valence-corrected chi connectivity index (χ0v) is 16.3. The van der Waals surface area contributed by atoms with Gasteiger partial charge in [0.1, 0.15) is 19.8 Å². The predicted molar refractivity (Wildman–Crippen MR) is 92.1 cm³/mol. The monoisotopic (exact) mass is 324 g/mol. The third-order valence-corrected chi connectivity index (χ3v) is 10.5. The Morgan fingerprint density at radius 2 is 1.55 bits per heavy atom. The zero-order valence-electron chi connectivity index (χ0n) is 15.3. The van der Waals surface area contributed by atoms with Gasteiger partial charge in [-0.15, -0.1) is 5.54 Å². The molecule has 2 saturated heterocycles. The number of hydrogen-bond acceptors (Lipinski definition) is 3. The quantitative estimate of drug-likeness (QED) is 0.569. The van der Waals surface area contributed by atoms with E-state index in [-0.39, 0.29) is 18.3 Å². The number of fused-ring (bicyclic) bond motifs is 1. The first-order valence-corrected chi connectivity index (χ1v) is 11.5. The maximum atomic E-state index is 6.30. The molecule has 0 saturated carbocycles. The Labute approximate surface area is 137 Å². The first-order valence-electron chi connectivity index (χ1n) is 8.84. The molecule has 2 aliphatic rings. The van der Waals surface area contributed by atoms with Crippen molar-refractivity contribution in [3.05, 3.63) is 0 Å². The van der Waals surface area contributed by atoms with Gasteiger partial charge in [0.15, 0.2) is 12.1 Å². The van der Waals surface area contributed by atoms with Crippen molar-refractivity contribution in [3.63, 3.8) is 0 Å². The van der Waals surface area contributed by atoms with Gasteiger partial charge in [0, 0.05) is 5.92 Å². The van der Waals surface area contributed by atoms with Crippen LogP contribution in [0.4, 0.5) is 0 Å². The van der Waals surface area contributed by atoms with Crippen LogP contribution in [-0.2, 0) is 14.2 Å². The van der Waals surface area contributed by atoms with E-state index in [9.17, 15) is 0 Å². The molecule has 2 aliphatic heterocycles. The Balaban J connectivity index is 2.26. The lowest BCUT2D eigenvalue weighted by atomic mass is 9.86.